The molecule has 0 radical (unpaired) electrons. The first kappa shape index (κ1) is 17.6. The second-order valence-electron chi connectivity index (χ2n) is 5.85. The Bertz CT molecular complexity index is 602. The van der Waals surface area contributed by atoms with Crippen LogP contribution in [-0.4, -0.2) is 49.5 Å². The minimum absolute atomic E-state index is 0. The number of nitrogens with two attached hydrogens (primary N) is 1. The van der Waals surface area contributed by atoms with Crippen molar-refractivity contribution in [1.29, 1.82) is 0 Å². The average molecular weight is 340 g/mol. The standard InChI is InChI=1S/C16H21N3O3.ClH/c1-18-13-9-11(15(20)19-7-3-2-4-8-19)5-6-14(13)22-10-12(17)16(18)21;/h5-6,9,12H,2-4,7-8,10,17H2,1H3;1H/t12-;/m0./s1. The van der Waals surface area contributed by atoms with E-state index in [9.17, 15) is 9.59 Å². The number of anilines is 1. The zero-order valence-electron chi connectivity index (χ0n) is 13.2. The molecule has 0 saturated carbocycles. The van der Waals surface area contributed by atoms with Crippen molar-refractivity contribution in [2.24, 2.45) is 5.73 Å². The third-order valence-corrected chi connectivity index (χ3v) is 4.28. The van der Waals surface area contributed by atoms with Crippen LogP contribution in [-0.2, 0) is 4.79 Å². The quantitative estimate of drug-likeness (QED) is 0.839. The van der Waals surface area contributed by atoms with Gasteiger partial charge in [0.1, 0.15) is 18.4 Å². The number of ether oxygens (including phenoxy) is 1. The third-order valence-electron chi connectivity index (χ3n) is 4.28. The highest BCUT2D eigenvalue weighted by molar-refractivity contribution is 6.01. The lowest BCUT2D eigenvalue weighted by molar-refractivity contribution is -0.119. The maximum absolute atomic E-state index is 12.6. The summed E-state index contributed by atoms with van der Waals surface area (Å²) in [5, 5.41) is 0. The van der Waals surface area contributed by atoms with Gasteiger partial charge in [-0.1, -0.05) is 0 Å². The van der Waals surface area contributed by atoms with E-state index in [4.69, 9.17) is 10.5 Å². The number of carbonyl (C=O) groups excluding carboxylic acids is 2. The van der Waals surface area contributed by atoms with Crippen molar-refractivity contribution < 1.29 is 14.3 Å². The Morgan fingerprint density at radius 3 is 2.65 bits per heavy atom. The van der Waals surface area contributed by atoms with Crippen LogP contribution in [0.4, 0.5) is 5.69 Å². The van der Waals surface area contributed by atoms with Gasteiger partial charge in [-0.25, -0.2) is 0 Å². The summed E-state index contributed by atoms with van der Waals surface area (Å²) in [6.45, 7) is 1.74. The second kappa shape index (κ2) is 7.19. The maximum atomic E-state index is 12.6. The van der Waals surface area contributed by atoms with Crippen LogP contribution in [0.1, 0.15) is 29.6 Å². The van der Waals surface area contributed by atoms with Crippen LogP contribution in [0.3, 0.4) is 0 Å². The Balaban J connectivity index is 0.00000192. The van der Waals surface area contributed by atoms with Crippen molar-refractivity contribution in [3.05, 3.63) is 23.8 Å². The molecule has 6 nitrogen and oxygen atoms in total. The molecule has 0 unspecified atom stereocenters. The summed E-state index contributed by atoms with van der Waals surface area (Å²) in [6, 6.07) is 4.54. The van der Waals surface area contributed by atoms with E-state index in [1.165, 1.54) is 11.3 Å². The highest BCUT2D eigenvalue weighted by Crippen LogP contribution is 2.32. The van der Waals surface area contributed by atoms with Crippen molar-refractivity contribution in [3.63, 3.8) is 0 Å². The molecule has 3 rings (SSSR count). The van der Waals surface area contributed by atoms with Crippen molar-refractivity contribution >= 4 is 29.9 Å². The molecule has 0 aliphatic carbocycles. The lowest BCUT2D eigenvalue weighted by Gasteiger charge is -2.27. The monoisotopic (exact) mass is 339 g/mol. The van der Waals surface area contributed by atoms with Gasteiger partial charge in [-0.15, -0.1) is 12.4 Å². The van der Waals surface area contributed by atoms with Gasteiger partial charge in [-0.05, 0) is 37.5 Å². The molecular weight excluding hydrogens is 318 g/mol. The zero-order chi connectivity index (χ0) is 15.7. The van der Waals surface area contributed by atoms with Crippen LogP contribution in [0.25, 0.3) is 0 Å². The Hall–Kier alpha value is -1.79. The van der Waals surface area contributed by atoms with E-state index in [0.29, 0.717) is 17.0 Å². The number of fused-ring (bicyclic) bond motifs is 1. The van der Waals surface area contributed by atoms with E-state index in [-0.39, 0.29) is 30.8 Å². The van der Waals surface area contributed by atoms with E-state index in [0.717, 1.165) is 25.9 Å². The molecule has 1 aromatic rings. The predicted molar refractivity (Wildman–Crippen MR) is 90.3 cm³/mol. The molecule has 2 heterocycles. The number of halogens is 1. The van der Waals surface area contributed by atoms with E-state index >= 15 is 0 Å². The molecule has 0 spiro atoms. The molecule has 0 aromatic heterocycles. The van der Waals surface area contributed by atoms with Crippen LogP contribution >= 0.6 is 12.4 Å². The molecule has 23 heavy (non-hydrogen) atoms. The summed E-state index contributed by atoms with van der Waals surface area (Å²) < 4.78 is 5.57. The lowest BCUT2D eigenvalue weighted by atomic mass is 10.1. The summed E-state index contributed by atoms with van der Waals surface area (Å²) in [6.07, 6.45) is 3.27. The Labute approximate surface area is 142 Å². The molecule has 1 fully saturated rings. The fraction of sp³-hybridized carbons (Fsp3) is 0.500. The highest BCUT2D eigenvalue weighted by atomic mass is 35.5. The summed E-state index contributed by atoms with van der Waals surface area (Å²) in [7, 11) is 1.66. The number of piperidine rings is 1. The van der Waals surface area contributed by atoms with Gasteiger partial charge >= 0.3 is 0 Å². The highest BCUT2D eigenvalue weighted by Gasteiger charge is 2.28. The van der Waals surface area contributed by atoms with Gasteiger partial charge in [0.25, 0.3) is 5.91 Å². The van der Waals surface area contributed by atoms with Crippen molar-refractivity contribution in [2.45, 2.75) is 25.3 Å². The zero-order valence-corrected chi connectivity index (χ0v) is 14.0. The van der Waals surface area contributed by atoms with Crippen LogP contribution in [0.2, 0.25) is 0 Å². The molecular formula is C16H22ClN3O3. The predicted octanol–water partition coefficient (Wildman–Crippen LogP) is 1.42. The number of likely N-dealkylation sites (N-methyl/N-ethyl adjacent to an activating group) is 1. The van der Waals surface area contributed by atoms with Crippen LogP contribution in [0.15, 0.2) is 18.2 Å². The van der Waals surface area contributed by atoms with E-state index < -0.39 is 6.04 Å². The van der Waals surface area contributed by atoms with Gasteiger partial charge in [0.2, 0.25) is 5.91 Å². The summed E-state index contributed by atoms with van der Waals surface area (Å²) in [5.41, 5.74) is 6.95. The number of benzene rings is 1. The first-order valence-corrected chi connectivity index (χ1v) is 7.67. The van der Waals surface area contributed by atoms with Crippen LogP contribution < -0.4 is 15.4 Å². The van der Waals surface area contributed by atoms with Crippen molar-refractivity contribution in [1.82, 2.24) is 4.90 Å². The van der Waals surface area contributed by atoms with Gasteiger partial charge in [0.05, 0.1) is 5.69 Å². The van der Waals surface area contributed by atoms with Crippen LogP contribution in [0, 0.1) is 0 Å². The minimum atomic E-state index is -0.682. The molecule has 126 valence electrons. The molecule has 2 amide bonds. The second-order valence-corrected chi connectivity index (χ2v) is 5.85. The minimum Gasteiger partial charge on any atom is -0.489 e. The Morgan fingerprint density at radius 2 is 1.96 bits per heavy atom. The lowest BCUT2D eigenvalue weighted by Crippen LogP contribution is -2.43. The number of hydrogen-bond acceptors (Lipinski definition) is 4. The smallest absolute Gasteiger partial charge is 0.253 e. The fourth-order valence-corrected chi connectivity index (χ4v) is 2.93. The van der Waals surface area contributed by atoms with E-state index in [1.54, 1.807) is 25.2 Å². The SMILES string of the molecule is CN1C(=O)[C@@H](N)COc2ccc(C(=O)N3CCCCC3)cc21.Cl. The number of amides is 2. The molecule has 1 saturated heterocycles. The summed E-state index contributed by atoms with van der Waals surface area (Å²) in [4.78, 5) is 28.0. The molecule has 2 aliphatic rings. The Kier molecular flexibility index (Phi) is 5.49. The largest absolute Gasteiger partial charge is 0.489 e. The van der Waals surface area contributed by atoms with Crippen LogP contribution in [0.5, 0.6) is 5.75 Å². The molecule has 1 atom stereocenters. The van der Waals surface area contributed by atoms with Gasteiger partial charge in [-0.2, -0.15) is 0 Å². The number of carbonyl (C=O) groups is 2. The van der Waals surface area contributed by atoms with E-state index in [1.807, 2.05) is 4.90 Å². The molecule has 2 aliphatic heterocycles. The van der Waals surface area contributed by atoms with Gasteiger partial charge in [0, 0.05) is 25.7 Å². The average Bonchev–Trinajstić information content (AvgIpc) is 2.67. The Morgan fingerprint density at radius 1 is 1.26 bits per heavy atom. The third kappa shape index (κ3) is 3.43. The van der Waals surface area contributed by atoms with Gasteiger partial charge < -0.3 is 20.3 Å². The number of nitrogens with zero attached hydrogens (tertiary/aromatic N) is 2. The molecule has 0 bridgehead atoms. The first-order valence-electron chi connectivity index (χ1n) is 7.67. The number of likely N-dealkylation sites (tertiary alicyclic amines) is 1. The van der Waals surface area contributed by atoms with Crippen molar-refractivity contribution in [3.8, 4) is 5.75 Å². The number of hydrogen-bond donors (Lipinski definition) is 1. The number of rotatable bonds is 1. The summed E-state index contributed by atoms with van der Waals surface area (Å²) >= 11 is 0. The topological polar surface area (TPSA) is 75.9 Å². The van der Waals surface area contributed by atoms with Gasteiger partial charge in [-0.3, -0.25) is 9.59 Å². The fourth-order valence-electron chi connectivity index (χ4n) is 2.93. The molecule has 7 heteroatoms. The van der Waals surface area contributed by atoms with Crippen molar-refractivity contribution in [2.75, 3.05) is 31.6 Å². The summed E-state index contributed by atoms with van der Waals surface area (Å²) in [5.74, 6) is 0.386. The molecule has 2 N–H and O–H groups in total. The van der Waals surface area contributed by atoms with E-state index in [2.05, 4.69) is 0 Å². The first-order chi connectivity index (χ1) is 10.6. The molecule has 1 aromatic carbocycles. The van der Waals surface area contributed by atoms with Gasteiger partial charge in [0.15, 0.2) is 0 Å². The normalized spacial score (nSPS) is 21.0. The maximum Gasteiger partial charge on any atom is 0.253 e.